The first-order valence-corrected chi connectivity index (χ1v) is 6.20. The molecule has 0 aromatic heterocycles. The molecule has 1 aliphatic heterocycles. The van der Waals surface area contributed by atoms with Crippen molar-refractivity contribution in [3.8, 4) is 0 Å². The zero-order valence-electron chi connectivity index (χ0n) is 10.1. The summed E-state index contributed by atoms with van der Waals surface area (Å²) in [6, 6.07) is 0. The van der Waals surface area contributed by atoms with Gasteiger partial charge in [-0.05, 0) is 32.1 Å². The molecule has 96 valence electrons. The smallest absolute Gasteiger partial charge is 0.323 e. The first-order chi connectivity index (χ1) is 8.08. The lowest BCUT2D eigenvalue weighted by atomic mass is 10.0. The van der Waals surface area contributed by atoms with E-state index in [1.807, 2.05) is 6.92 Å². The van der Waals surface area contributed by atoms with Crippen molar-refractivity contribution >= 4 is 11.9 Å². The quantitative estimate of drug-likeness (QED) is 0.770. The minimum absolute atomic E-state index is 0.0516. The maximum absolute atomic E-state index is 12.2. The Hall–Kier alpha value is -1.10. The maximum Gasteiger partial charge on any atom is 0.323 e. The van der Waals surface area contributed by atoms with Gasteiger partial charge in [-0.1, -0.05) is 0 Å². The highest BCUT2D eigenvalue weighted by Crippen LogP contribution is 2.31. The van der Waals surface area contributed by atoms with E-state index < -0.39 is 5.97 Å². The van der Waals surface area contributed by atoms with E-state index in [9.17, 15) is 9.59 Å². The Labute approximate surface area is 101 Å². The molecule has 1 amide bonds. The SMILES string of the molecule is CC1OCCC1C(=O)N(CC(=O)O)CC1CC1. The van der Waals surface area contributed by atoms with Crippen molar-refractivity contribution in [3.05, 3.63) is 0 Å². The van der Waals surface area contributed by atoms with Crippen LogP contribution in [0.4, 0.5) is 0 Å². The molecule has 2 fully saturated rings. The van der Waals surface area contributed by atoms with Crippen LogP contribution in [0.2, 0.25) is 0 Å². The lowest BCUT2D eigenvalue weighted by Crippen LogP contribution is -2.42. The summed E-state index contributed by atoms with van der Waals surface area (Å²) >= 11 is 0. The molecule has 1 aliphatic carbocycles. The maximum atomic E-state index is 12.2. The number of hydrogen-bond acceptors (Lipinski definition) is 3. The molecule has 1 saturated heterocycles. The number of carboxylic acids is 1. The molecule has 1 heterocycles. The number of carbonyl (C=O) groups is 2. The van der Waals surface area contributed by atoms with E-state index in [1.165, 1.54) is 4.90 Å². The minimum Gasteiger partial charge on any atom is -0.480 e. The van der Waals surface area contributed by atoms with Crippen LogP contribution in [0.1, 0.15) is 26.2 Å². The fourth-order valence-electron chi connectivity index (χ4n) is 2.30. The van der Waals surface area contributed by atoms with Crippen molar-refractivity contribution in [1.82, 2.24) is 4.90 Å². The molecule has 5 heteroatoms. The van der Waals surface area contributed by atoms with Crippen molar-refractivity contribution in [2.24, 2.45) is 11.8 Å². The average molecular weight is 241 g/mol. The fraction of sp³-hybridized carbons (Fsp3) is 0.833. The lowest BCUT2D eigenvalue weighted by molar-refractivity contribution is -0.147. The van der Waals surface area contributed by atoms with Gasteiger partial charge in [0.15, 0.2) is 0 Å². The number of rotatable bonds is 5. The van der Waals surface area contributed by atoms with Crippen LogP contribution < -0.4 is 0 Å². The summed E-state index contributed by atoms with van der Waals surface area (Å²) in [6.45, 7) is 2.89. The van der Waals surface area contributed by atoms with E-state index >= 15 is 0 Å². The van der Waals surface area contributed by atoms with Gasteiger partial charge in [0.2, 0.25) is 5.91 Å². The van der Waals surface area contributed by atoms with E-state index in [4.69, 9.17) is 9.84 Å². The molecular formula is C12H19NO4. The van der Waals surface area contributed by atoms with E-state index in [0.717, 1.165) is 12.8 Å². The summed E-state index contributed by atoms with van der Waals surface area (Å²) in [4.78, 5) is 24.5. The van der Waals surface area contributed by atoms with Crippen LogP contribution in [-0.2, 0) is 14.3 Å². The molecule has 17 heavy (non-hydrogen) atoms. The Kier molecular flexibility index (Phi) is 3.66. The summed E-state index contributed by atoms with van der Waals surface area (Å²) in [5.41, 5.74) is 0. The van der Waals surface area contributed by atoms with Crippen molar-refractivity contribution in [3.63, 3.8) is 0 Å². The number of nitrogens with zero attached hydrogens (tertiary/aromatic N) is 1. The number of carboxylic acid groups (broad SMARTS) is 1. The van der Waals surface area contributed by atoms with Gasteiger partial charge in [0.05, 0.1) is 12.0 Å². The van der Waals surface area contributed by atoms with E-state index in [1.54, 1.807) is 0 Å². The van der Waals surface area contributed by atoms with Crippen LogP contribution in [0.5, 0.6) is 0 Å². The largest absolute Gasteiger partial charge is 0.480 e. The minimum atomic E-state index is -0.939. The molecule has 0 spiro atoms. The summed E-state index contributed by atoms with van der Waals surface area (Å²) < 4.78 is 5.37. The van der Waals surface area contributed by atoms with Crippen molar-refractivity contribution in [2.45, 2.75) is 32.3 Å². The Bertz CT molecular complexity index is 314. The molecule has 2 aliphatic rings. The highest BCUT2D eigenvalue weighted by Gasteiger charge is 2.36. The second-order valence-electron chi connectivity index (χ2n) is 5.03. The van der Waals surface area contributed by atoms with Crippen LogP contribution in [0, 0.1) is 11.8 Å². The molecule has 0 bridgehead atoms. The predicted molar refractivity (Wildman–Crippen MR) is 60.5 cm³/mol. The normalized spacial score (nSPS) is 28.1. The van der Waals surface area contributed by atoms with Crippen LogP contribution in [-0.4, -0.2) is 47.7 Å². The first kappa shape index (κ1) is 12.4. The summed E-state index contributed by atoms with van der Waals surface area (Å²) in [6.07, 6.45) is 2.85. The monoisotopic (exact) mass is 241 g/mol. The zero-order chi connectivity index (χ0) is 12.4. The highest BCUT2D eigenvalue weighted by molar-refractivity contribution is 5.83. The van der Waals surface area contributed by atoms with Crippen molar-refractivity contribution in [2.75, 3.05) is 19.7 Å². The van der Waals surface area contributed by atoms with Crippen LogP contribution in [0.25, 0.3) is 0 Å². The number of amides is 1. The zero-order valence-corrected chi connectivity index (χ0v) is 10.1. The van der Waals surface area contributed by atoms with E-state index in [0.29, 0.717) is 25.5 Å². The van der Waals surface area contributed by atoms with Gasteiger partial charge in [-0.15, -0.1) is 0 Å². The van der Waals surface area contributed by atoms with Gasteiger partial charge in [-0.3, -0.25) is 9.59 Å². The molecule has 2 unspecified atom stereocenters. The predicted octanol–water partition coefficient (Wildman–Crippen LogP) is 0.735. The molecule has 2 atom stereocenters. The summed E-state index contributed by atoms with van der Waals surface area (Å²) in [5, 5.41) is 8.85. The van der Waals surface area contributed by atoms with Crippen LogP contribution in [0.3, 0.4) is 0 Å². The highest BCUT2D eigenvalue weighted by atomic mass is 16.5. The van der Waals surface area contributed by atoms with Crippen LogP contribution in [0.15, 0.2) is 0 Å². The lowest BCUT2D eigenvalue weighted by Gasteiger charge is -2.25. The standard InChI is InChI=1S/C12H19NO4/c1-8-10(4-5-17-8)12(16)13(7-11(14)15)6-9-2-3-9/h8-10H,2-7H2,1H3,(H,14,15). The third-order valence-corrected chi connectivity index (χ3v) is 3.51. The molecule has 2 rings (SSSR count). The van der Waals surface area contributed by atoms with Gasteiger partial charge in [-0.2, -0.15) is 0 Å². The Morgan fingerprint density at radius 2 is 2.06 bits per heavy atom. The Balaban J connectivity index is 1.97. The molecule has 0 radical (unpaired) electrons. The second kappa shape index (κ2) is 5.04. The molecule has 1 N–H and O–H groups in total. The Morgan fingerprint density at radius 1 is 1.35 bits per heavy atom. The third kappa shape index (κ3) is 3.19. The number of ether oxygens (including phenoxy) is 1. The summed E-state index contributed by atoms with van der Waals surface area (Å²) in [5.74, 6) is -0.640. The van der Waals surface area contributed by atoms with E-state index in [-0.39, 0.29) is 24.5 Å². The first-order valence-electron chi connectivity index (χ1n) is 6.20. The van der Waals surface area contributed by atoms with Gasteiger partial charge in [0.1, 0.15) is 6.54 Å². The van der Waals surface area contributed by atoms with Gasteiger partial charge < -0.3 is 14.7 Å². The third-order valence-electron chi connectivity index (χ3n) is 3.51. The topological polar surface area (TPSA) is 66.8 Å². The molecule has 0 aromatic carbocycles. The number of carbonyl (C=O) groups excluding carboxylic acids is 1. The molecule has 0 aromatic rings. The average Bonchev–Trinajstić information content (AvgIpc) is 2.97. The van der Waals surface area contributed by atoms with Gasteiger partial charge in [-0.25, -0.2) is 0 Å². The molecular weight excluding hydrogens is 222 g/mol. The van der Waals surface area contributed by atoms with Gasteiger partial charge in [0, 0.05) is 13.2 Å². The Morgan fingerprint density at radius 3 is 2.53 bits per heavy atom. The van der Waals surface area contributed by atoms with Crippen LogP contribution >= 0.6 is 0 Å². The van der Waals surface area contributed by atoms with Crippen molar-refractivity contribution in [1.29, 1.82) is 0 Å². The van der Waals surface area contributed by atoms with E-state index in [2.05, 4.69) is 0 Å². The van der Waals surface area contributed by atoms with Gasteiger partial charge >= 0.3 is 5.97 Å². The summed E-state index contributed by atoms with van der Waals surface area (Å²) in [7, 11) is 0. The number of aliphatic carboxylic acids is 1. The van der Waals surface area contributed by atoms with Crippen molar-refractivity contribution < 1.29 is 19.4 Å². The fourth-order valence-corrected chi connectivity index (χ4v) is 2.30. The molecule has 5 nitrogen and oxygen atoms in total. The number of hydrogen-bond donors (Lipinski definition) is 1. The van der Waals surface area contributed by atoms with Gasteiger partial charge in [0.25, 0.3) is 0 Å². The molecule has 1 saturated carbocycles. The second-order valence-corrected chi connectivity index (χ2v) is 5.03.